The summed E-state index contributed by atoms with van der Waals surface area (Å²) in [6, 6.07) is 4.53. The molecule has 0 aliphatic rings. The number of carbonyl (C=O) groups excluding carboxylic acids is 1. The molecule has 148 valence electrons. The van der Waals surface area contributed by atoms with Gasteiger partial charge in [-0.15, -0.1) is 11.3 Å². The van der Waals surface area contributed by atoms with Gasteiger partial charge in [0.25, 0.3) is 0 Å². The molecule has 0 N–H and O–H groups in total. The normalized spacial score (nSPS) is 12.4. The topological polar surface area (TPSA) is 37.6 Å². The number of hydrogen-bond donors (Lipinski definition) is 0. The van der Waals surface area contributed by atoms with Crippen molar-refractivity contribution in [2.45, 2.75) is 46.2 Å². The summed E-state index contributed by atoms with van der Waals surface area (Å²) in [6.07, 6.45) is 0.126. The number of carbonyl (C=O) groups is 1. The van der Waals surface area contributed by atoms with E-state index in [-0.39, 0.29) is 6.03 Å². The van der Waals surface area contributed by atoms with Gasteiger partial charge >= 0.3 is 12.2 Å². The van der Waals surface area contributed by atoms with Crippen LogP contribution in [0.15, 0.2) is 35.5 Å². The highest BCUT2D eigenvalue weighted by molar-refractivity contribution is 7.09. The van der Waals surface area contributed by atoms with Gasteiger partial charge < -0.3 is 4.90 Å². The van der Waals surface area contributed by atoms with Gasteiger partial charge in [0.15, 0.2) is 4.80 Å². The van der Waals surface area contributed by atoms with E-state index in [1.54, 1.807) is 15.7 Å². The van der Waals surface area contributed by atoms with Crippen LogP contribution in [0.5, 0.6) is 0 Å². The van der Waals surface area contributed by atoms with Gasteiger partial charge in [0.2, 0.25) is 0 Å². The number of unbranched alkanes of at least 4 members (excludes halogenated alkanes) is 1. The second-order valence-corrected chi connectivity index (χ2v) is 7.49. The van der Waals surface area contributed by atoms with Gasteiger partial charge in [-0.1, -0.05) is 20.3 Å². The number of rotatable bonds is 6. The Morgan fingerprint density at radius 2 is 1.81 bits per heavy atom. The summed E-state index contributed by atoms with van der Waals surface area (Å²) in [5, 5.41) is 0. The van der Waals surface area contributed by atoms with Crippen LogP contribution in [0.1, 0.15) is 43.6 Å². The van der Waals surface area contributed by atoms with E-state index in [0.717, 1.165) is 36.3 Å². The number of hydrogen-bond acceptors (Lipinski definition) is 2. The van der Waals surface area contributed by atoms with Gasteiger partial charge in [-0.25, -0.2) is 4.79 Å². The molecule has 0 atom stereocenters. The van der Waals surface area contributed by atoms with E-state index in [9.17, 15) is 18.0 Å². The summed E-state index contributed by atoms with van der Waals surface area (Å²) in [7, 11) is 0. The van der Waals surface area contributed by atoms with Crippen molar-refractivity contribution in [1.82, 2.24) is 9.47 Å². The summed E-state index contributed by atoms with van der Waals surface area (Å²) < 4.78 is 40.0. The van der Waals surface area contributed by atoms with Gasteiger partial charge in [0, 0.05) is 29.9 Å². The predicted octanol–water partition coefficient (Wildman–Crippen LogP) is 5.40. The third-order valence-electron chi connectivity index (χ3n) is 3.98. The largest absolute Gasteiger partial charge is 0.416 e. The molecule has 8 heteroatoms. The molecule has 1 aromatic carbocycles. The Balaban J connectivity index is 2.36. The maximum Gasteiger partial charge on any atom is 0.416 e. The maximum atomic E-state index is 12.8. The van der Waals surface area contributed by atoms with E-state index in [1.165, 1.54) is 23.5 Å². The highest BCUT2D eigenvalue weighted by Gasteiger charge is 2.30. The number of thiazole rings is 1. The third-order valence-corrected chi connectivity index (χ3v) is 4.88. The van der Waals surface area contributed by atoms with E-state index < -0.39 is 11.7 Å². The van der Waals surface area contributed by atoms with Crippen molar-refractivity contribution in [3.63, 3.8) is 0 Å². The molecule has 0 spiro atoms. The molecule has 2 aromatic rings. The standard InChI is InChI=1S/C19H24F3N3OS/c1-4-6-12-24(11-5-2)17(26)23-18-25(13-14(3)27-18)16-9-7-15(8-10-16)19(20,21)22/h7-10,13H,4-6,11-12H2,1-3H3. The van der Waals surface area contributed by atoms with Crippen LogP contribution < -0.4 is 4.80 Å². The SMILES string of the molecule is CCCCN(CCC)C(=O)N=c1sc(C)cn1-c1ccc(C(F)(F)F)cc1. The Morgan fingerprint density at radius 3 is 2.37 bits per heavy atom. The predicted molar refractivity (Wildman–Crippen MR) is 101 cm³/mol. The average molecular weight is 399 g/mol. The van der Waals surface area contributed by atoms with Crippen molar-refractivity contribution in [2.75, 3.05) is 13.1 Å². The number of urea groups is 1. The first kappa shape index (κ1) is 21.2. The quantitative estimate of drug-likeness (QED) is 0.641. The van der Waals surface area contributed by atoms with Crippen LogP contribution in [0.25, 0.3) is 5.69 Å². The Kier molecular flexibility index (Phi) is 7.24. The number of amides is 2. The van der Waals surface area contributed by atoms with E-state index in [0.29, 0.717) is 23.6 Å². The molecule has 4 nitrogen and oxygen atoms in total. The third kappa shape index (κ3) is 5.69. The molecule has 0 fully saturated rings. The van der Waals surface area contributed by atoms with Gasteiger partial charge in [-0.2, -0.15) is 18.2 Å². The van der Waals surface area contributed by atoms with Crippen LogP contribution in [-0.2, 0) is 6.18 Å². The lowest BCUT2D eigenvalue weighted by atomic mass is 10.2. The fourth-order valence-electron chi connectivity index (χ4n) is 2.60. The zero-order valence-electron chi connectivity index (χ0n) is 15.7. The Hall–Kier alpha value is -2.09. The van der Waals surface area contributed by atoms with E-state index in [4.69, 9.17) is 0 Å². The van der Waals surface area contributed by atoms with Gasteiger partial charge in [0.05, 0.1) is 5.56 Å². The second kappa shape index (κ2) is 9.21. The summed E-state index contributed by atoms with van der Waals surface area (Å²) in [5.74, 6) is 0. The van der Waals surface area contributed by atoms with Crippen LogP contribution in [0, 0.1) is 6.92 Å². The molecule has 2 rings (SSSR count). The number of benzene rings is 1. The minimum Gasteiger partial charge on any atom is -0.323 e. The summed E-state index contributed by atoms with van der Waals surface area (Å²) in [4.78, 5) is 19.9. The van der Waals surface area contributed by atoms with Crippen molar-refractivity contribution < 1.29 is 18.0 Å². The first-order chi connectivity index (χ1) is 12.8. The van der Waals surface area contributed by atoms with Crippen LogP contribution in [0.3, 0.4) is 0 Å². The van der Waals surface area contributed by atoms with Gasteiger partial charge in [-0.3, -0.25) is 4.57 Å². The van der Waals surface area contributed by atoms with Gasteiger partial charge in [0.1, 0.15) is 0 Å². The molecule has 0 saturated carbocycles. The average Bonchev–Trinajstić information content (AvgIpc) is 2.98. The van der Waals surface area contributed by atoms with Crippen LogP contribution in [0.2, 0.25) is 0 Å². The van der Waals surface area contributed by atoms with Crippen LogP contribution >= 0.6 is 11.3 Å². The summed E-state index contributed by atoms with van der Waals surface area (Å²) in [5.41, 5.74) is -0.170. The molecule has 1 heterocycles. The monoisotopic (exact) mass is 399 g/mol. The van der Waals surface area contributed by atoms with E-state index in [1.807, 2.05) is 13.8 Å². The lowest BCUT2D eigenvalue weighted by molar-refractivity contribution is -0.137. The molecule has 0 saturated heterocycles. The summed E-state index contributed by atoms with van der Waals surface area (Å²) >= 11 is 1.33. The maximum absolute atomic E-state index is 12.8. The molecule has 0 aliphatic heterocycles. The molecule has 0 radical (unpaired) electrons. The smallest absolute Gasteiger partial charge is 0.323 e. The molecule has 0 aliphatic carbocycles. The molecular formula is C19H24F3N3OS. The highest BCUT2D eigenvalue weighted by atomic mass is 32.1. The Labute approximate surface area is 161 Å². The lowest BCUT2D eigenvalue weighted by Gasteiger charge is -2.18. The van der Waals surface area contributed by atoms with E-state index in [2.05, 4.69) is 11.9 Å². The minimum absolute atomic E-state index is 0.312. The van der Waals surface area contributed by atoms with Crippen molar-refractivity contribution in [2.24, 2.45) is 4.99 Å². The fourth-order valence-corrected chi connectivity index (χ4v) is 3.43. The molecule has 0 bridgehead atoms. The summed E-state index contributed by atoms with van der Waals surface area (Å²) in [6.45, 7) is 7.22. The molecule has 27 heavy (non-hydrogen) atoms. The van der Waals surface area contributed by atoms with Crippen LogP contribution in [-0.4, -0.2) is 28.6 Å². The number of alkyl halides is 3. The second-order valence-electron chi connectivity index (χ2n) is 6.27. The van der Waals surface area contributed by atoms with Crippen molar-refractivity contribution in [3.05, 3.63) is 45.7 Å². The van der Waals surface area contributed by atoms with E-state index >= 15 is 0 Å². The zero-order valence-corrected chi connectivity index (χ0v) is 16.5. The molecule has 0 unspecified atom stereocenters. The first-order valence-corrected chi connectivity index (χ1v) is 9.78. The number of nitrogens with zero attached hydrogens (tertiary/aromatic N) is 3. The first-order valence-electron chi connectivity index (χ1n) is 8.96. The number of aromatic nitrogens is 1. The molecule has 1 aromatic heterocycles. The molecule has 2 amide bonds. The number of halogens is 3. The number of aryl methyl sites for hydroxylation is 1. The van der Waals surface area contributed by atoms with Crippen molar-refractivity contribution in [3.8, 4) is 5.69 Å². The molecular weight excluding hydrogens is 375 g/mol. The Bertz CT molecular complexity index is 822. The van der Waals surface area contributed by atoms with Crippen molar-refractivity contribution in [1.29, 1.82) is 0 Å². The lowest BCUT2D eigenvalue weighted by Crippen LogP contribution is -2.32. The highest BCUT2D eigenvalue weighted by Crippen LogP contribution is 2.29. The van der Waals surface area contributed by atoms with Gasteiger partial charge in [-0.05, 0) is 44.0 Å². The minimum atomic E-state index is -4.38. The van der Waals surface area contributed by atoms with Crippen molar-refractivity contribution >= 4 is 17.4 Å². The fraction of sp³-hybridized carbons (Fsp3) is 0.474. The van der Waals surface area contributed by atoms with Crippen LogP contribution in [0.4, 0.5) is 18.0 Å². The Morgan fingerprint density at radius 1 is 1.15 bits per heavy atom. The zero-order chi connectivity index (χ0) is 20.0.